The van der Waals surface area contributed by atoms with Gasteiger partial charge in [-0.2, -0.15) is 0 Å². The van der Waals surface area contributed by atoms with Crippen LogP contribution >= 0.6 is 0 Å². The first-order chi connectivity index (χ1) is 12.6. The Labute approximate surface area is 157 Å². The summed E-state index contributed by atoms with van der Waals surface area (Å²) in [5.74, 6) is 0.557. The number of nitrogens with zero attached hydrogens (tertiary/aromatic N) is 1. The minimum Gasteiger partial charge on any atom is -0.453 e. The lowest BCUT2D eigenvalue weighted by Crippen LogP contribution is -2.58. The summed E-state index contributed by atoms with van der Waals surface area (Å²) in [5.41, 5.74) is 1.36. The van der Waals surface area contributed by atoms with Gasteiger partial charge in [0.25, 0.3) is 0 Å². The van der Waals surface area contributed by atoms with E-state index in [1.165, 1.54) is 12.7 Å². The summed E-state index contributed by atoms with van der Waals surface area (Å²) >= 11 is 0. The zero-order valence-electron chi connectivity index (χ0n) is 15.4. The number of hydrogen-bond donors (Lipinski definition) is 1. The molecule has 1 amide bonds. The Kier molecular flexibility index (Phi) is 6.67. The molecule has 1 saturated heterocycles. The second kappa shape index (κ2) is 8.97. The molecule has 0 spiro atoms. The molecule has 3 rings (SSSR count). The van der Waals surface area contributed by atoms with Crippen LogP contribution in [0.1, 0.15) is 37.2 Å². The van der Waals surface area contributed by atoms with Crippen LogP contribution in [0, 0.1) is 0 Å². The summed E-state index contributed by atoms with van der Waals surface area (Å²) in [6.45, 7) is 1.09. The van der Waals surface area contributed by atoms with Gasteiger partial charge in [-0.3, -0.25) is 0 Å². The highest BCUT2D eigenvalue weighted by Gasteiger charge is 2.38. The van der Waals surface area contributed by atoms with E-state index in [4.69, 9.17) is 9.47 Å². The van der Waals surface area contributed by atoms with Crippen molar-refractivity contribution in [1.29, 1.82) is 0 Å². The molecule has 7 heteroatoms. The first kappa shape index (κ1) is 19.3. The molecule has 6 nitrogen and oxygen atoms in total. The van der Waals surface area contributed by atoms with Gasteiger partial charge in [0.05, 0.1) is 36.8 Å². The highest BCUT2D eigenvalue weighted by Crippen LogP contribution is 2.38. The fraction of sp³-hybridized carbons (Fsp3) is 0.632. The molecule has 1 saturated carbocycles. The summed E-state index contributed by atoms with van der Waals surface area (Å²) in [6, 6.07) is 10.3. The van der Waals surface area contributed by atoms with Crippen molar-refractivity contribution in [3.63, 3.8) is 0 Å². The molecule has 1 heterocycles. The van der Waals surface area contributed by atoms with Gasteiger partial charge in [0.2, 0.25) is 0 Å². The van der Waals surface area contributed by atoms with E-state index in [1.54, 1.807) is 11.2 Å². The van der Waals surface area contributed by atoms with Gasteiger partial charge in [-0.25, -0.2) is 13.7 Å². The second-order valence-electron chi connectivity index (χ2n) is 7.09. The number of amides is 1. The zero-order chi connectivity index (χ0) is 18.5. The third-order valence-electron chi connectivity index (χ3n) is 5.37. The molecular formula is C19H28N2O4S. The maximum atomic E-state index is 12.1. The number of likely N-dealkylation sites (tertiary alicyclic amines) is 1. The molecule has 2 fully saturated rings. The Morgan fingerprint density at radius 2 is 2.04 bits per heavy atom. The molecular weight excluding hydrogens is 352 g/mol. The first-order valence-corrected chi connectivity index (χ1v) is 10.7. The largest absolute Gasteiger partial charge is 0.453 e. The summed E-state index contributed by atoms with van der Waals surface area (Å²) in [7, 11) is 0.263. The average Bonchev–Trinajstić information content (AvgIpc) is 2.61. The van der Waals surface area contributed by atoms with E-state index < -0.39 is 11.0 Å². The van der Waals surface area contributed by atoms with Crippen LogP contribution in [-0.2, 0) is 20.5 Å². The van der Waals surface area contributed by atoms with Gasteiger partial charge in [0.15, 0.2) is 0 Å². The molecule has 1 N–H and O–H groups in total. The first-order valence-electron chi connectivity index (χ1n) is 9.19. The summed E-state index contributed by atoms with van der Waals surface area (Å²) in [5, 5.41) is 0. The number of nitrogens with one attached hydrogen (secondary N) is 1. The van der Waals surface area contributed by atoms with Crippen LogP contribution < -0.4 is 4.72 Å². The third kappa shape index (κ3) is 4.64. The predicted molar refractivity (Wildman–Crippen MR) is 101 cm³/mol. The molecule has 0 radical (unpaired) electrons. The Hall–Kier alpha value is -1.44. The van der Waals surface area contributed by atoms with Crippen molar-refractivity contribution in [1.82, 2.24) is 9.62 Å². The highest BCUT2D eigenvalue weighted by molar-refractivity contribution is 7.82. The third-order valence-corrected chi connectivity index (χ3v) is 6.01. The van der Waals surface area contributed by atoms with Crippen molar-refractivity contribution in [3.05, 3.63) is 35.9 Å². The molecule has 3 atom stereocenters. The molecule has 144 valence electrons. The molecule has 0 bridgehead atoms. The van der Waals surface area contributed by atoms with Gasteiger partial charge in [0, 0.05) is 18.8 Å². The quantitative estimate of drug-likeness (QED) is 0.823. The van der Waals surface area contributed by atoms with E-state index >= 15 is 0 Å². The maximum absolute atomic E-state index is 12.1. The molecule has 1 aromatic carbocycles. The van der Waals surface area contributed by atoms with Gasteiger partial charge in [-0.1, -0.05) is 30.3 Å². The van der Waals surface area contributed by atoms with Crippen molar-refractivity contribution < 1.29 is 18.5 Å². The normalized spacial score (nSPS) is 29.7. The fourth-order valence-corrected chi connectivity index (χ4v) is 4.59. The summed E-state index contributed by atoms with van der Waals surface area (Å²) < 4.78 is 25.8. The summed E-state index contributed by atoms with van der Waals surface area (Å²) in [6.07, 6.45) is 5.24. The van der Waals surface area contributed by atoms with Crippen molar-refractivity contribution in [2.45, 2.75) is 49.8 Å². The van der Waals surface area contributed by atoms with Gasteiger partial charge >= 0.3 is 6.09 Å². The SMILES string of the molecule is COC(=O)N1CCC[C@H](NS(C)=O)[C@@H]1COC1CC(c2ccccc2)C1. The van der Waals surface area contributed by atoms with Gasteiger partial charge in [-0.15, -0.1) is 0 Å². The Bertz CT molecular complexity index is 621. The Morgan fingerprint density at radius 3 is 2.69 bits per heavy atom. The number of carbonyl (C=O) groups is 1. The minimum absolute atomic E-state index is 0.0429. The summed E-state index contributed by atoms with van der Waals surface area (Å²) in [4.78, 5) is 13.8. The van der Waals surface area contributed by atoms with Crippen LogP contribution in [0.4, 0.5) is 4.79 Å². The number of piperidine rings is 1. The lowest BCUT2D eigenvalue weighted by Gasteiger charge is -2.42. The van der Waals surface area contributed by atoms with E-state index in [-0.39, 0.29) is 24.3 Å². The fourth-order valence-electron chi connectivity index (χ4n) is 3.89. The lowest BCUT2D eigenvalue weighted by molar-refractivity contribution is -0.0470. The molecule has 1 aliphatic heterocycles. The Balaban J connectivity index is 1.56. The average molecular weight is 381 g/mol. The van der Waals surface area contributed by atoms with Gasteiger partial charge in [0.1, 0.15) is 0 Å². The van der Waals surface area contributed by atoms with Crippen LogP contribution in [0.25, 0.3) is 0 Å². The van der Waals surface area contributed by atoms with Gasteiger partial charge < -0.3 is 14.4 Å². The van der Waals surface area contributed by atoms with Crippen molar-refractivity contribution in [2.24, 2.45) is 0 Å². The molecule has 1 unspecified atom stereocenters. The Morgan fingerprint density at radius 1 is 1.31 bits per heavy atom. The number of benzene rings is 1. The maximum Gasteiger partial charge on any atom is 0.409 e. The minimum atomic E-state index is -1.13. The zero-order valence-corrected chi connectivity index (χ0v) is 16.2. The van der Waals surface area contributed by atoms with Crippen LogP contribution in [0.15, 0.2) is 30.3 Å². The number of ether oxygens (including phenoxy) is 2. The van der Waals surface area contributed by atoms with E-state index in [0.717, 1.165) is 25.7 Å². The number of rotatable bonds is 6. The topological polar surface area (TPSA) is 67.9 Å². The number of hydrogen-bond acceptors (Lipinski definition) is 4. The smallest absolute Gasteiger partial charge is 0.409 e. The van der Waals surface area contributed by atoms with Gasteiger partial charge in [-0.05, 0) is 37.2 Å². The predicted octanol–water partition coefficient (Wildman–Crippen LogP) is 2.43. The van der Waals surface area contributed by atoms with E-state index in [1.807, 2.05) is 6.07 Å². The van der Waals surface area contributed by atoms with Crippen LogP contribution in [0.5, 0.6) is 0 Å². The van der Waals surface area contributed by atoms with E-state index in [0.29, 0.717) is 19.1 Å². The standard InChI is InChI=1S/C19H28N2O4S/c1-24-19(22)21-10-6-9-17(20-26(2)23)18(21)13-25-16-11-15(12-16)14-7-4-3-5-8-14/h3-5,7-8,15-18,20H,6,9-13H2,1-2H3/t15?,16?,17-,18-,26?/m0/s1. The van der Waals surface area contributed by atoms with Crippen LogP contribution in [0.2, 0.25) is 0 Å². The number of carbonyl (C=O) groups excluding carboxylic acids is 1. The molecule has 0 aromatic heterocycles. The monoisotopic (exact) mass is 380 g/mol. The van der Waals surface area contributed by atoms with Crippen LogP contribution in [-0.4, -0.2) is 59.9 Å². The van der Waals surface area contributed by atoms with E-state index in [9.17, 15) is 9.00 Å². The highest BCUT2D eigenvalue weighted by atomic mass is 32.2. The molecule has 26 heavy (non-hydrogen) atoms. The van der Waals surface area contributed by atoms with Crippen LogP contribution in [0.3, 0.4) is 0 Å². The van der Waals surface area contributed by atoms with Crippen molar-refractivity contribution in [2.75, 3.05) is 26.5 Å². The number of methoxy groups -OCH3 is 1. The molecule has 2 aliphatic rings. The van der Waals surface area contributed by atoms with Crippen molar-refractivity contribution >= 4 is 17.1 Å². The second-order valence-corrected chi connectivity index (χ2v) is 8.23. The molecule has 1 aliphatic carbocycles. The molecule has 1 aromatic rings. The van der Waals surface area contributed by atoms with Crippen molar-refractivity contribution in [3.8, 4) is 0 Å². The lowest BCUT2D eigenvalue weighted by atomic mass is 9.77. The van der Waals surface area contributed by atoms with E-state index in [2.05, 4.69) is 29.0 Å².